The Balaban J connectivity index is 2.02. The molecule has 0 aliphatic heterocycles. The van der Waals surface area contributed by atoms with Gasteiger partial charge in [0.15, 0.2) is 0 Å². The summed E-state index contributed by atoms with van der Waals surface area (Å²) in [6.07, 6.45) is 4.76. The smallest absolute Gasteiger partial charge is 0.123 e. The van der Waals surface area contributed by atoms with Crippen LogP contribution in [0.3, 0.4) is 0 Å². The first-order valence-electron chi connectivity index (χ1n) is 4.61. The van der Waals surface area contributed by atoms with Crippen LogP contribution in [0.5, 0.6) is 0 Å². The lowest BCUT2D eigenvalue weighted by Crippen LogP contribution is -2.08. The van der Waals surface area contributed by atoms with Gasteiger partial charge in [-0.25, -0.2) is 0 Å². The van der Waals surface area contributed by atoms with Crippen LogP contribution >= 0.6 is 0 Å². The van der Waals surface area contributed by atoms with E-state index in [-0.39, 0.29) is 0 Å². The SMILES string of the molecule is CC1(C)[C@@H]2CCC(C=O)C[C@@H]21. The van der Waals surface area contributed by atoms with Gasteiger partial charge in [-0.2, -0.15) is 0 Å². The van der Waals surface area contributed by atoms with Crippen LogP contribution in [0.2, 0.25) is 0 Å². The molecule has 3 atom stereocenters. The molecule has 11 heavy (non-hydrogen) atoms. The van der Waals surface area contributed by atoms with Crippen molar-refractivity contribution in [3.05, 3.63) is 0 Å². The highest BCUT2D eigenvalue weighted by atomic mass is 16.1. The summed E-state index contributed by atoms with van der Waals surface area (Å²) >= 11 is 0. The van der Waals surface area contributed by atoms with Crippen molar-refractivity contribution in [3.8, 4) is 0 Å². The molecule has 1 unspecified atom stereocenters. The molecular formula is C10H16O. The summed E-state index contributed by atoms with van der Waals surface area (Å²) in [6.45, 7) is 4.69. The summed E-state index contributed by atoms with van der Waals surface area (Å²) in [4.78, 5) is 10.5. The molecule has 2 saturated carbocycles. The van der Waals surface area contributed by atoms with Crippen molar-refractivity contribution in [3.63, 3.8) is 0 Å². The molecule has 0 radical (unpaired) electrons. The normalized spacial score (nSPS) is 46.2. The first-order valence-corrected chi connectivity index (χ1v) is 4.61. The Morgan fingerprint density at radius 2 is 2.00 bits per heavy atom. The third kappa shape index (κ3) is 0.935. The van der Waals surface area contributed by atoms with Gasteiger partial charge in [0, 0.05) is 5.92 Å². The lowest BCUT2D eigenvalue weighted by Gasteiger charge is -2.13. The average Bonchev–Trinajstić information content (AvgIpc) is 2.55. The second kappa shape index (κ2) is 2.09. The van der Waals surface area contributed by atoms with Crippen LogP contribution in [-0.2, 0) is 4.79 Å². The van der Waals surface area contributed by atoms with Gasteiger partial charge in [-0.1, -0.05) is 13.8 Å². The summed E-state index contributed by atoms with van der Waals surface area (Å²) in [5.74, 6) is 2.20. The van der Waals surface area contributed by atoms with Gasteiger partial charge in [-0.05, 0) is 36.5 Å². The van der Waals surface area contributed by atoms with Crippen molar-refractivity contribution in [1.29, 1.82) is 0 Å². The van der Waals surface area contributed by atoms with E-state index in [4.69, 9.17) is 0 Å². The zero-order valence-corrected chi connectivity index (χ0v) is 7.34. The lowest BCUT2D eigenvalue weighted by molar-refractivity contribution is -0.111. The maximum absolute atomic E-state index is 10.5. The van der Waals surface area contributed by atoms with Crippen LogP contribution in [-0.4, -0.2) is 6.29 Å². The largest absolute Gasteiger partial charge is 0.303 e. The molecule has 1 heteroatoms. The Morgan fingerprint density at radius 3 is 2.55 bits per heavy atom. The Kier molecular flexibility index (Phi) is 1.39. The number of hydrogen-bond donors (Lipinski definition) is 0. The third-order valence-electron chi connectivity index (χ3n) is 3.89. The molecule has 2 aliphatic rings. The van der Waals surface area contributed by atoms with Crippen molar-refractivity contribution >= 4 is 6.29 Å². The van der Waals surface area contributed by atoms with Gasteiger partial charge in [0.05, 0.1) is 0 Å². The number of carbonyl (C=O) groups is 1. The highest BCUT2D eigenvalue weighted by Gasteiger charge is 2.58. The van der Waals surface area contributed by atoms with Crippen molar-refractivity contribution < 1.29 is 4.79 Å². The first-order chi connectivity index (χ1) is 5.16. The number of rotatable bonds is 1. The van der Waals surface area contributed by atoms with E-state index in [0.29, 0.717) is 11.3 Å². The van der Waals surface area contributed by atoms with Crippen LogP contribution < -0.4 is 0 Å². The molecule has 0 bridgehead atoms. The topological polar surface area (TPSA) is 17.1 Å². The maximum atomic E-state index is 10.5. The van der Waals surface area contributed by atoms with Crippen LogP contribution in [0.1, 0.15) is 33.1 Å². The molecule has 2 rings (SSSR count). The predicted molar refractivity (Wildman–Crippen MR) is 44.2 cm³/mol. The second-order valence-corrected chi connectivity index (χ2v) is 4.74. The van der Waals surface area contributed by atoms with Gasteiger partial charge in [0.2, 0.25) is 0 Å². The molecule has 2 aliphatic carbocycles. The minimum absolute atomic E-state index is 0.387. The lowest BCUT2D eigenvalue weighted by atomic mass is 9.91. The van der Waals surface area contributed by atoms with Gasteiger partial charge in [-0.15, -0.1) is 0 Å². The van der Waals surface area contributed by atoms with Crippen LogP contribution in [0.4, 0.5) is 0 Å². The van der Waals surface area contributed by atoms with E-state index in [2.05, 4.69) is 13.8 Å². The van der Waals surface area contributed by atoms with Crippen LogP contribution in [0, 0.1) is 23.2 Å². The zero-order chi connectivity index (χ0) is 8.06. The molecule has 0 N–H and O–H groups in total. The molecular weight excluding hydrogens is 136 g/mol. The van der Waals surface area contributed by atoms with E-state index in [1.165, 1.54) is 12.8 Å². The fourth-order valence-corrected chi connectivity index (χ4v) is 2.86. The monoisotopic (exact) mass is 152 g/mol. The van der Waals surface area contributed by atoms with E-state index < -0.39 is 0 Å². The third-order valence-corrected chi connectivity index (χ3v) is 3.89. The molecule has 1 nitrogen and oxygen atoms in total. The number of fused-ring (bicyclic) bond motifs is 1. The van der Waals surface area contributed by atoms with E-state index in [1.807, 2.05) is 0 Å². The molecule has 0 aromatic carbocycles. The molecule has 0 amide bonds. The van der Waals surface area contributed by atoms with Crippen LogP contribution in [0.15, 0.2) is 0 Å². The van der Waals surface area contributed by atoms with Gasteiger partial charge in [0.25, 0.3) is 0 Å². The molecule has 0 spiro atoms. The Labute approximate surface area is 68.2 Å². The molecule has 62 valence electrons. The fourth-order valence-electron chi connectivity index (χ4n) is 2.86. The van der Waals surface area contributed by atoms with E-state index >= 15 is 0 Å². The summed E-state index contributed by atoms with van der Waals surface area (Å²) < 4.78 is 0. The molecule has 0 aromatic heterocycles. The average molecular weight is 152 g/mol. The van der Waals surface area contributed by atoms with Crippen molar-refractivity contribution in [2.24, 2.45) is 23.2 Å². The maximum Gasteiger partial charge on any atom is 0.123 e. The summed E-state index contributed by atoms with van der Waals surface area (Å²) in [6, 6.07) is 0. The summed E-state index contributed by atoms with van der Waals surface area (Å²) in [5, 5.41) is 0. The standard InChI is InChI=1S/C10H16O/c1-10(2)8-4-3-7(6-11)5-9(8)10/h6-9H,3-5H2,1-2H3/t7?,8-,9+/m1/s1. The Hall–Kier alpha value is -0.330. The number of carbonyl (C=O) groups excluding carboxylic acids is 1. The first kappa shape index (κ1) is 7.33. The fraction of sp³-hybridized carbons (Fsp3) is 0.900. The predicted octanol–water partition coefficient (Wildman–Crippen LogP) is 2.26. The van der Waals surface area contributed by atoms with Crippen molar-refractivity contribution in [2.75, 3.05) is 0 Å². The van der Waals surface area contributed by atoms with Gasteiger partial charge in [0.1, 0.15) is 6.29 Å². The second-order valence-electron chi connectivity index (χ2n) is 4.74. The number of aldehydes is 1. The van der Waals surface area contributed by atoms with Crippen LogP contribution in [0.25, 0.3) is 0 Å². The van der Waals surface area contributed by atoms with Crippen molar-refractivity contribution in [2.45, 2.75) is 33.1 Å². The highest BCUT2D eigenvalue weighted by Crippen LogP contribution is 2.65. The van der Waals surface area contributed by atoms with E-state index in [1.54, 1.807) is 0 Å². The van der Waals surface area contributed by atoms with E-state index in [9.17, 15) is 4.79 Å². The molecule has 0 heterocycles. The Morgan fingerprint density at radius 1 is 1.27 bits per heavy atom. The number of hydrogen-bond acceptors (Lipinski definition) is 1. The minimum atomic E-state index is 0.387. The molecule has 0 saturated heterocycles. The quantitative estimate of drug-likeness (QED) is 0.527. The minimum Gasteiger partial charge on any atom is -0.303 e. The molecule has 0 aromatic rings. The van der Waals surface area contributed by atoms with Crippen molar-refractivity contribution in [1.82, 2.24) is 0 Å². The zero-order valence-electron chi connectivity index (χ0n) is 7.34. The van der Waals surface area contributed by atoms with Gasteiger partial charge in [-0.3, -0.25) is 0 Å². The van der Waals surface area contributed by atoms with E-state index in [0.717, 1.165) is 24.5 Å². The van der Waals surface area contributed by atoms with Gasteiger partial charge < -0.3 is 4.79 Å². The molecule has 2 fully saturated rings. The highest BCUT2D eigenvalue weighted by molar-refractivity contribution is 5.54. The summed E-state index contributed by atoms with van der Waals surface area (Å²) in [7, 11) is 0. The van der Waals surface area contributed by atoms with Gasteiger partial charge >= 0.3 is 0 Å². The Bertz CT molecular complexity index is 183. The summed E-state index contributed by atoms with van der Waals surface area (Å²) in [5.41, 5.74) is 0.567.